The van der Waals surface area contributed by atoms with Crippen LogP contribution in [0.4, 0.5) is 4.39 Å². The van der Waals surface area contributed by atoms with Crippen molar-refractivity contribution in [2.45, 2.75) is 24.9 Å². The van der Waals surface area contributed by atoms with Gasteiger partial charge in [0.2, 0.25) is 17.4 Å². The molecular formula is C17H18FN5O5. The summed E-state index contributed by atoms with van der Waals surface area (Å²) in [6, 6.07) is 4.10. The highest BCUT2D eigenvalue weighted by Gasteiger charge is 2.34. The lowest BCUT2D eigenvalue weighted by atomic mass is 9.83. The number of benzene rings is 1. The van der Waals surface area contributed by atoms with Gasteiger partial charge in [-0.05, 0) is 46.4 Å². The van der Waals surface area contributed by atoms with Crippen LogP contribution in [-0.2, 0) is 11.2 Å². The van der Waals surface area contributed by atoms with E-state index >= 15 is 0 Å². The van der Waals surface area contributed by atoms with E-state index in [0.717, 1.165) is 17.5 Å². The number of ether oxygens (including phenoxy) is 1. The first-order valence-corrected chi connectivity index (χ1v) is 8.73. The first kappa shape index (κ1) is 18.2. The number of oxime groups is 1. The zero-order valence-corrected chi connectivity index (χ0v) is 14.7. The Labute approximate surface area is 158 Å². The highest BCUT2D eigenvalue weighted by Crippen LogP contribution is 2.34. The van der Waals surface area contributed by atoms with Gasteiger partial charge in [-0.15, -0.1) is 0 Å². The molecule has 10 nitrogen and oxygen atoms in total. The second-order valence-electron chi connectivity index (χ2n) is 6.61. The van der Waals surface area contributed by atoms with Crippen molar-refractivity contribution >= 4 is 11.7 Å². The third kappa shape index (κ3) is 3.24. The number of aromatic nitrogens is 2. The molecule has 148 valence electrons. The highest BCUT2D eigenvalue weighted by atomic mass is 19.1. The van der Waals surface area contributed by atoms with Crippen molar-refractivity contribution < 1.29 is 28.9 Å². The number of rotatable bonds is 6. The van der Waals surface area contributed by atoms with Gasteiger partial charge in [-0.25, -0.2) is 9.02 Å². The first-order chi connectivity index (χ1) is 13.6. The van der Waals surface area contributed by atoms with E-state index in [2.05, 4.69) is 20.8 Å². The van der Waals surface area contributed by atoms with Crippen molar-refractivity contribution in [1.82, 2.24) is 20.5 Å². The molecule has 0 saturated carbocycles. The van der Waals surface area contributed by atoms with E-state index in [1.165, 1.54) is 17.0 Å². The SMILES string of the molecule is O=C(CO)N1CC[C@H]1COc1nonc1/C(=N/O)N[C@H]1Cc2ccc(F)cc21. The second kappa shape index (κ2) is 7.43. The number of hydrogen-bond acceptors (Lipinski definition) is 8. The number of amidine groups is 1. The molecule has 1 aliphatic heterocycles. The number of likely N-dealkylation sites (tertiary alicyclic amines) is 1. The molecule has 0 bridgehead atoms. The van der Waals surface area contributed by atoms with Crippen LogP contribution in [-0.4, -0.2) is 63.1 Å². The summed E-state index contributed by atoms with van der Waals surface area (Å²) in [5.74, 6) is -0.730. The number of fused-ring (bicyclic) bond motifs is 1. The molecule has 2 heterocycles. The minimum Gasteiger partial charge on any atom is -0.472 e. The Balaban J connectivity index is 1.41. The molecule has 4 rings (SSSR count). The number of halogens is 1. The van der Waals surface area contributed by atoms with Gasteiger partial charge in [0.1, 0.15) is 19.0 Å². The number of amides is 1. The van der Waals surface area contributed by atoms with E-state index < -0.39 is 6.61 Å². The van der Waals surface area contributed by atoms with Crippen molar-refractivity contribution in [2.24, 2.45) is 5.16 Å². The van der Waals surface area contributed by atoms with Crippen molar-refractivity contribution in [1.29, 1.82) is 0 Å². The fraction of sp³-hybridized carbons (Fsp3) is 0.412. The maximum absolute atomic E-state index is 13.4. The van der Waals surface area contributed by atoms with E-state index in [4.69, 9.17) is 14.5 Å². The molecule has 0 spiro atoms. The van der Waals surface area contributed by atoms with Crippen LogP contribution in [0.2, 0.25) is 0 Å². The standard InChI is InChI=1S/C17H18FN5O5/c18-10-2-1-9-5-13(12(9)6-10)19-16(20-26)15-17(22-28-21-15)27-8-11-3-4-23(11)14(25)7-24/h1-2,6,11,13,24,26H,3-5,7-8H2,(H,19,20)/t11-,13-/m0/s1. The van der Waals surface area contributed by atoms with Crippen molar-refractivity contribution in [3.05, 3.63) is 40.8 Å². The molecule has 1 amide bonds. The third-order valence-corrected chi connectivity index (χ3v) is 5.01. The van der Waals surface area contributed by atoms with Crippen LogP contribution >= 0.6 is 0 Å². The van der Waals surface area contributed by atoms with E-state index in [1.54, 1.807) is 6.07 Å². The summed E-state index contributed by atoms with van der Waals surface area (Å²) in [5.41, 5.74) is 1.84. The van der Waals surface area contributed by atoms with Crippen LogP contribution in [0.15, 0.2) is 28.0 Å². The fourth-order valence-corrected chi connectivity index (χ4v) is 3.34. The number of carbonyl (C=O) groups excluding carboxylic acids is 1. The summed E-state index contributed by atoms with van der Waals surface area (Å²) in [6.07, 6.45) is 1.37. The maximum atomic E-state index is 13.4. The fourth-order valence-electron chi connectivity index (χ4n) is 3.34. The van der Waals surface area contributed by atoms with Gasteiger partial charge >= 0.3 is 0 Å². The summed E-state index contributed by atoms with van der Waals surface area (Å²) in [7, 11) is 0. The summed E-state index contributed by atoms with van der Waals surface area (Å²) in [4.78, 5) is 13.1. The number of aliphatic hydroxyl groups is 1. The molecule has 1 aromatic carbocycles. The molecular weight excluding hydrogens is 373 g/mol. The van der Waals surface area contributed by atoms with Gasteiger partial charge in [-0.2, -0.15) is 0 Å². The normalized spacial score (nSPS) is 20.8. The highest BCUT2D eigenvalue weighted by molar-refractivity contribution is 5.98. The number of nitrogens with zero attached hydrogens (tertiary/aromatic N) is 4. The van der Waals surface area contributed by atoms with Gasteiger partial charge in [0, 0.05) is 6.54 Å². The lowest BCUT2D eigenvalue weighted by Crippen LogP contribution is -2.54. The monoisotopic (exact) mass is 391 g/mol. The molecule has 0 radical (unpaired) electrons. The average Bonchev–Trinajstić information content (AvgIpc) is 3.12. The van der Waals surface area contributed by atoms with Crippen LogP contribution in [0.3, 0.4) is 0 Å². The topological polar surface area (TPSA) is 133 Å². The lowest BCUT2D eigenvalue weighted by molar-refractivity contribution is -0.143. The molecule has 1 aromatic heterocycles. The molecule has 1 saturated heterocycles. The molecule has 1 fully saturated rings. The van der Waals surface area contributed by atoms with E-state index in [-0.39, 0.29) is 47.8 Å². The van der Waals surface area contributed by atoms with Crippen LogP contribution in [0.25, 0.3) is 0 Å². The Morgan fingerprint density at radius 1 is 1.46 bits per heavy atom. The molecule has 2 aromatic rings. The van der Waals surface area contributed by atoms with Gasteiger partial charge in [-0.1, -0.05) is 11.2 Å². The van der Waals surface area contributed by atoms with Gasteiger partial charge < -0.3 is 25.3 Å². The predicted octanol–water partition coefficient (Wildman–Crippen LogP) is 0.204. The first-order valence-electron chi connectivity index (χ1n) is 8.73. The molecule has 0 unspecified atom stereocenters. The predicted molar refractivity (Wildman–Crippen MR) is 91.3 cm³/mol. The number of aliphatic hydroxyl groups excluding tert-OH is 1. The van der Waals surface area contributed by atoms with Crippen molar-refractivity contribution in [3.63, 3.8) is 0 Å². The largest absolute Gasteiger partial charge is 0.472 e. The van der Waals surface area contributed by atoms with Crippen LogP contribution in [0, 0.1) is 5.82 Å². The Hall–Kier alpha value is -3.21. The number of carbonyl (C=O) groups is 1. The Kier molecular flexibility index (Phi) is 4.82. The molecule has 3 N–H and O–H groups in total. The van der Waals surface area contributed by atoms with Crippen LogP contribution < -0.4 is 10.1 Å². The quantitative estimate of drug-likeness (QED) is 0.275. The zero-order chi connectivity index (χ0) is 19.7. The summed E-state index contributed by atoms with van der Waals surface area (Å²) < 4.78 is 23.7. The lowest BCUT2D eigenvalue weighted by Gasteiger charge is -2.40. The van der Waals surface area contributed by atoms with E-state index in [0.29, 0.717) is 13.0 Å². The molecule has 2 atom stereocenters. The molecule has 1 aliphatic carbocycles. The smallest absolute Gasteiger partial charge is 0.287 e. The van der Waals surface area contributed by atoms with Gasteiger partial charge in [0.15, 0.2) is 0 Å². The number of nitrogens with one attached hydrogen (secondary N) is 1. The minimum absolute atomic E-state index is 0.00221. The molecule has 2 aliphatic rings. The van der Waals surface area contributed by atoms with Crippen molar-refractivity contribution in [2.75, 3.05) is 19.8 Å². The zero-order valence-electron chi connectivity index (χ0n) is 14.7. The number of hydrogen-bond donors (Lipinski definition) is 3. The van der Waals surface area contributed by atoms with Gasteiger partial charge in [0.05, 0.1) is 12.1 Å². The maximum Gasteiger partial charge on any atom is 0.287 e. The Morgan fingerprint density at radius 2 is 2.32 bits per heavy atom. The van der Waals surface area contributed by atoms with Crippen LogP contribution in [0.5, 0.6) is 5.88 Å². The summed E-state index contributed by atoms with van der Waals surface area (Å²) >= 11 is 0. The Bertz CT molecular complexity index is 917. The van der Waals surface area contributed by atoms with E-state index in [1.807, 2.05) is 0 Å². The van der Waals surface area contributed by atoms with Gasteiger partial charge in [0.25, 0.3) is 5.88 Å². The molecule has 11 heteroatoms. The second-order valence-corrected chi connectivity index (χ2v) is 6.61. The third-order valence-electron chi connectivity index (χ3n) is 5.01. The Morgan fingerprint density at radius 3 is 3.04 bits per heavy atom. The van der Waals surface area contributed by atoms with Crippen LogP contribution in [0.1, 0.15) is 29.3 Å². The van der Waals surface area contributed by atoms with Crippen molar-refractivity contribution in [3.8, 4) is 5.88 Å². The average molecular weight is 391 g/mol. The summed E-state index contributed by atoms with van der Waals surface area (Å²) in [5, 5.41) is 31.9. The molecule has 28 heavy (non-hydrogen) atoms. The minimum atomic E-state index is -0.554. The van der Waals surface area contributed by atoms with Gasteiger partial charge in [-0.3, -0.25) is 4.79 Å². The van der Waals surface area contributed by atoms with E-state index in [9.17, 15) is 14.4 Å². The summed E-state index contributed by atoms with van der Waals surface area (Å²) in [6.45, 7) is 0.130.